The van der Waals surface area contributed by atoms with Gasteiger partial charge < -0.3 is 31.9 Å². The van der Waals surface area contributed by atoms with Crippen LogP contribution >= 0.6 is 0 Å². The molecule has 0 bridgehead atoms. The quantitative estimate of drug-likeness (QED) is 0.0608. The van der Waals surface area contributed by atoms with Crippen molar-refractivity contribution in [2.45, 2.75) is 37.5 Å². The Morgan fingerprint density at radius 3 is 1.08 bits per heavy atom. The maximum absolute atomic E-state index is 12.4. The van der Waals surface area contributed by atoms with Gasteiger partial charge in [-0.1, -0.05) is 24.3 Å². The molecule has 0 fully saturated rings. The molecule has 8 N–H and O–H groups in total. The summed E-state index contributed by atoms with van der Waals surface area (Å²) in [6.45, 7) is 9.70. The van der Waals surface area contributed by atoms with Crippen LogP contribution in [0.5, 0.6) is 0 Å². The molecular weight excluding hydrogens is 665 g/mol. The summed E-state index contributed by atoms with van der Waals surface area (Å²) in [5.41, 5.74) is 0.526. The number of nitrogens with one attached hydrogen (secondary N) is 6. The lowest BCUT2D eigenvalue weighted by Gasteiger charge is -2.12. The molecule has 2 aromatic carbocycles. The molecule has 0 atom stereocenters. The van der Waals surface area contributed by atoms with E-state index in [1.807, 2.05) is 27.7 Å². The van der Waals surface area contributed by atoms with Crippen molar-refractivity contribution in [1.29, 1.82) is 0 Å². The largest absolute Gasteiger partial charge is 0.354 e. The molecule has 20 heteroatoms. The number of aromatic nitrogens is 6. The number of nitrogens with zero attached hydrogens (tertiary/aromatic N) is 6. The molecule has 2 aromatic heterocycles. The summed E-state index contributed by atoms with van der Waals surface area (Å²) in [5.74, 6) is 1.39. The van der Waals surface area contributed by atoms with Crippen LogP contribution in [-0.4, -0.2) is 82.0 Å². The first-order chi connectivity index (χ1) is 22.8. The zero-order chi connectivity index (χ0) is 34.9. The third kappa shape index (κ3) is 9.67. The zero-order valence-corrected chi connectivity index (χ0v) is 28.1. The van der Waals surface area contributed by atoms with E-state index < -0.39 is 30.0 Å². The molecule has 18 nitrogen and oxygen atoms in total. The van der Waals surface area contributed by atoms with E-state index >= 15 is 0 Å². The van der Waals surface area contributed by atoms with Crippen LogP contribution in [0.4, 0.5) is 47.1 Å². The van der Waals surface area contributed by atoms with Gasteiger partial charge in [-0.2, -0.15) is 46.7 Å². The minimum Gasteiger partial charge on any atom is -0.354 e. The van der Waals surface area contributed by atoms with Crippen LogP contribution in [0, 0.1) is 0 Å². The summed E-state index contributed by atoms with van der Waals surface area (Å²) < 4.78 is 69.6. The topological polar surface area (TPSA) is 258 Å². The SMILES string of the molecule is CCNc1nc(NCC)nc(Nc2ccc(C=Cc3ccc(Nc4nc(NCC)nc(NCC)n4)cc3S(=O)(=O)O)c(S(=O)(=O)O)c2)n1. The Morgan fingerprint density at radius 2 is 0.812 bits per heavy atom. The van der Waals surface area contributed by atoms with Gasteiger partial charge in [0.1, 0.15) is 9.79 Å². The first kappa shape index (κ1) is 35.7. The minimum atomic E-state index is -4.76. The van der Waals surface area contributed by atoms with Gasteiger partial charge in [-0.15, -0.1) is 0 Å². The smallest absolute Gasteiger partial charge is 0.295 e. The average molecular weight is 701 g/mol. The Bertz CT molecular complexity index is 1820. The van der Waals surface area contributed by atoms with E-state index in [9.17, 15) is 25.9 Å². The lowest BCUT2D eigenvalue weighted by molar-refractivity contribution is 0.480. The maximum atomic E-state index is 12.4. The summed E-state index contributed by atoms with van der Waals surface area (Å²) in [6, 6.07) is 8.18. The van der Waals surface area contributed by atoms with Crippen LogP contribution in [0.1, 0.15) is 38.8 Å². The van der Waals surface area contributed by atoms with Crippen molar-refractivity contribution in [1.82, 2.24) is 29.9 Å². The van der Waals surface area contributed by atoms with Gasteiger partial charge in [-0.05, 0) is 63.1 Å². The highest BCUT2D eigenvalue weighted by molar-refractivity contribution is 7.86. The Labute approximate surface area is 277 Å². The van der Waals surface area contributed by atoms with Gasteiger partial charge in [0.25, 0.3) is 20.2 Å². The minimum absolute atomic E-state index is 0.0287. The second-order valence-corrected chi connectivity index (χ2v) is 12.6. The predicted molar refractivity (Wildman–Crippen MR) is 184 cm³/mol. The monoisotopic (exact) mass is 700 g/mol. The van der Waals surface area contributed by atoms with Crippen LogP contribution < -0.4 is 31.9 Å². The zero-order valence-electron chi connectivity index (χ0n) is 26.5. The molecular formula is C28H36N12O6S2. The Hall–Kier alpha value is -5.18. The lowest BCUT2D eigenvalue weighted by Crippen LogP contribution is -2.11. The fourth-order valence-electron chi connectivity index (χ4n) is 4.20. The number of rotatable bonds is 16. The molecule has 48 heavy (non-hydrogen) atoms. The Morgan fingerprint density at radius 1 is 0.521 bits per heavy atom. The highest BCUT2D eigenvalue weighted by Gasteiger charge is 2.19. The van der Waals surface area contributed by atoms with Gasteiger partial charge in [0.15, 0.2) is 0 Å². The van der Waals surface area contributed by atoms with Crippen LogP contribution in [0.25, 0.3) is 12.2 Å². The molecule has 0 amide bonds. The van der Waals surface area contributed by atoms with Gasteiger partial charge in [0.05, 0.1) is 0 Å². The molecule has 0 aliphatic heterocycles. The molecule has 0 saturated heterocycles. The molecule has 4 rings (SSSR count). The highest BCUT2D eigenvalue weighted by Crippen LogP contribution is 2.28. The third-order valence-corrected chi connectivity index (χ3v) is 7.97. The van der Waals surface area contributed by atoms with E-state index in [-0.39, 0.29) is 34.4 Å². The predicted octanol–water partition coefficient (Wildman–Crippen LogP) is 3.93. The van der Waals surface area contributed by atoms with Crippen LogP contribution in [0.15, 0.2) is 46.2 Å². The van der Waals surface area contributed by atoms with Crippen molar-refractivity contribution in [3.05, 3.63) is 47.5 Å². The highest BCUT2D eigenvalue weighted by atomic mass is 32.2. The van der Waals surface area contributed by atoms with Crippen molar-refractivity contribution < 1.29 is 25.9 Å². The fourth-order valence-corrected chi connectivity index (χ4v) is 5.62. The summed E-state index contributed by atoms with van der Waals surface area (Å²) >= 11 is 0. The van der Waals surface area contributed by atoms with Crippen LogP contribution in [-0.2, 0) is 20.2 Å². The van der Waals surface area contributed by atoms with Gasteiger partial charge in [-0.3, -0.25) is 9.11 Å². The molecule has 2 heterocycles. The average Bonchev–Trinajstić information content (AvgIpc) is 3.00. The third-order valence-electron chi connectivity index (χ3n) is 6.15. The van der Waals surface area contributed by atoms with E-state index in [0.29, 0.717) is 50.0 Å². The second-order valence-electron chi connectivity index (χ2n) is 9.77. The van der Waals surface area contributed by atoms with Crippen LogP contribution in [0.3, 0.4) is 0 Å². The van der Waals surface area contributed by atoms with Crippen molar-refractivity contribution in [2.75, 3.05) is 58.1 Å². The summed E-state index contributed by atoms with van der Waals surface area (Å²) in [4.78, 5) is 24.6. The van der Waals surface area contributed by atoms with Crippen molar-refractivity contribution in [2.24, 2.45) is 0 Å². The van der Waals surface area contributed by atoms with Gasteiger partial charge in [0, 0.05) is 37.6 Å². The molecule has 0 radical (unpaired) electrons. The van der Waals surface area contributed by atoms with Crippen molar-refractivity contribution in [3.63, 3.8) is 0 Å². The van der Waals surface area contributed by atoms with E-state index in [1.54, 1.807) is 0 Å². The van der Waals surface area contributed by atoms with Crippen molar-refractivity contribution in [3.8, 4) is 0 Å². The second kappa shape index (κ2) is 15.6. The summed E-state index contributed by atoms with van der Waals surface area (Å²) in [5, 5.41) is 17.8. The van der Waals surface area contributed by atoms with E-state index in [1.165, 1.54) is 48.6 Å². The van der Waals surface area contributed by atoms with E-state index in [4.69, 9.17) is 0 Å². The molecule has 0 aliphatic carbocycles. The Balaban J connectivity index is 1.66. The lowest BCUT2D eigenvalue weighted by atomic mass is 10.1. The van der Waals surface area contributed by atoms with Gasteiger partial charge in [-0.25, -0.2) is 0 Å². The molecule has 0 saturated carbocycles. The molecule has 0 spiro atoms. The molecule has 4 aromatic rings. The summed E-state index contributed by atoms with van der Waals surface area (Å²) in [6.07, 6.45) is 2.58. The molecule has 256 valence electrons. The van der Waals surface area contributed by atoms with Crippen molar-refractivity contribution >= 4 is 79.5 Å². The normalized spacial score (nSPS) is 11.7. The molecule has 0 unspecified atom stereocenters. The number of anilines is 8. The van der Waals surface area contributed by atoms with Gasteiger partial charge in [0.2, 0.25) is 35.7 Å². The van der Waals surface area contributed by atoms with Crippen LogP contribution in [0.2, 0.25) is 0 Å². The van der Waals surface area contributed by atoms with E-state index in [0.717, 1.165) is 0 Å². The fraction of sp³-hybridized carbons (Fsp3) is 0.286. The summed E-state index contributed by atoms with van der Waals surface area (Å²) in [7, 11) is -9.52. The number of hydrogen-bond acceptors (Lipinski definition) is 16. The van der Waals surface area contributed by atoms with E-state index in [2.05, 4.69) is 61.8 Å². The maximum Gasteiger partial charge on any atom is 0.295 e. The standard InChI is InChI=1S/C28H36N12O6S2/c1-5-29-23-35-24(30-6-2)38-27(37-23)33-19-13-11-17(21(15-19)47(41,42)43)9-10-18-12-14-20(16-22(18)48(44,45)46)34-28-39-25(31-7-3)36-26(40-28)32-8-4/h9-16H,5-8H2,1-4H3,(H,41,42,43)(H,44,45,46)(H3,29,30,33,35,37,38)(H3,31,32,34,36,39,40). The van der Waals surface area contributed by atoms with Gasteiger partial charge >= 0.3 is 0 Å². The number of hydrogen-bond donors (Lipinski definition) is 8. The first-order valence-electron chi connectivity index (χ1n) is 14.8. The molecule has 0 aliphatic rings. The Kier molecular flexibility index (Phi) is 11.6. The number of benzene rings is 2. The first-order valence-corrected chi connectivity index (χ1v) is 17.6.